The Hall–Kier alpha value is -2.17. The van der Waals surface area contributed by atoms with Gasteiger partial charge in [0.05, 0.1) is 0 Å². The lowest BCUT2D eigenvalue weighted by molar-refractivity contribution is -0.136. The Balaban J connectivity index is 1.91. The molecule has 0 aliphatic carbocycles. The van der Waals surface area contributed by atoms with Crippen molar-refractivity contribution in [1.29, 1.82) is 0 Å². The van der Waals surface area contributed by atoms with Gasteiger partial charge in [0.25, 0.3) is 0 Å². The van der Waals surface area contributed by atoms with Crippen molar-refractivity contribution in [3.05, 3.63) is 47.7 Å². The lowest BCUT2D eigenvalue weighted by Gasteiger charge is -1.96. The van der Waals surface area contributed by atoms with Crippen LogP contribution in [0.15, 0.2) is 34.7 Å². The molecule has 1 heterocycles. The van der Waals surface area contributed by atoms with Crippen molar-refractivity contribution in [3.8, 4) is 0 Å². The van der Waals surface area contributed by atoms with E-state index in [1.54, 1.807) is 0 Å². The third-order valence-corrected chi connectivity index (χ3v) is 2.28. The SMILES string of the molecule is O=C(O)Cc1nnc(CCc2ccccc2)o1. The molecule has 2 aromatic rings. The Morgan fingerprint density at radius 1 is 1.12 bits per heavy atom. The lowest BCUT2D eigenvalue weighted by atomic mass is 10.1. The average molecular weight is 232 g/mol. The van der Waals surface area contributed by atoms with E-state index in [9.17, 15) is 4.79 Å². The molecule has 0 bridgehead atoms. The highest BCUT2D eigenvalue weighted by atomic mass is 16.4. The molecule has 0 radical (unpaired) electrons. The molecule has 1 aromatic carbocycles. The van der Waals surface area contributed by atoms with E-state index in [1.807, 2.05) is 30.3 Å². The third kappa shape index (κ3) is 3.41. The van der Waals surface area contributed by atoms with Gasteiger partial charge in [0.1, 0.15) is 6.42 Å². The molecule has 0 saturated carbocycles. The first-order valence-corrected chi connectivity index (χ1v) is 5.31. The average Bonchev–Trinajstić information content (AvgIpc) is 2.75. The van der Waals surface area contributed by atoms with E-state index in [-0.39, 0.29) is 12.3 Å². The number of hydrogen-bond acceptors (Lipinski definition) is 4. The summed E-state index contributed by atoms with van der Waals surface area (Å²) < 4.78 is 5.21. The summed E-state index contributed by atoms with van der Waals surface area (Å²) in [6, 6.07) is 9.95. The van der Waals surface area contributed by atoms with Gasteiger partial charge in [-0.2, -0.15) is 0 Å². The van der Waals surface area contributed by atoms with Crippen LogP contribution in [0.25, 0.3) is 0 Å². The summed E-state index contributed by atoms with van der Waals surface area (Å²) in [6.07, 6.45) is 1.20. The second kappa shape index (κ2) is 5.25. The third-order valence-electron chi connectivity index (χ3n) is 2.28. The van der Waals surface area contributed by atoms with Crippen molar-refractivity contribution in [3.63, 3.8) is 0 Å². The van der Waals surface area contributed by atoms with Gasteiger partial charge in [0.15, 0.2) is 0 Å². The predicted molar refractivity (Wildman–Crippen MR) is 59.5 cm³/mol. The Morgan fingerprint density at radius 3 is 2.53 bits per heavy atom. The Kier molecular flexibility index (Phi) is 3.49. The van der Waals surface area contributed by atoms with Crippen LogP contribution in [0.4, 0.5) is 0 Å². The van der Waals surface area contributed by atoms with Gasteiger partial charge in [-0.15, -0.1) is 10.2 Å². The van der Waals surface area contributed by atoms with Crippen molar-refractivity contribution >= 4 is 5.97 Å². The fourth-order valence-electron chi connectivity index (χ4n) is 1.49. The number of aliphatic carboxylic acids is 1. The largest absolute Gasteiger partial charge is 0.481 e. The van der Waals surface area contributed by atoms with Gasteiger partial charge in [0.2, 0.25) is 11.8 Å². The summed E-state index contributed by atoms with van der Waals surface area (Å²) >= 11 is 0. The van der Waals surface area contributed by atoms with E-state index in [2.05, 4.69) is 10.2 Å². The fraction of sp³-hybridized carbons (Fsp3) is 0.250. The summed E-state index contributed by atoms with van der Waals surface area (Å²) in [7, 11) is 0. The molecule has 0 unspecified atom stereocenters. The van der Waals surface area contributed by atoms with Gasteiger partial charge in [-0.25, -0.2) is 0 Å². The fourth-order valence-corrected chi connectivity index (χ4v) is 1.49. The Labute approximate surface area is 98.1 Å². The number of carboxylic acids is 1. The predicted octanol–water partition coefficient (Wildman–Crippen LogP) is 1.48. The normalized spacial score (nSPS) is 10.4. The summed E-state index contributed by atoms with van der Waals surface area (Å²) in [4.78, 5) is 10.4. The topological polar surface area (TPSA) is 76.2 Å². The maximum absolute atomic E-state index is 10.4. The highest BCUT2D eigenvalue weighted by Gasteiger charge is 2.09. The van der Waals surface area contributed by atoms with Crippen molar-refractivity contribution in [2.45, 2.75) is 19.3 Å². The molecule has 2 rings (SSSR count). The first kappa shape index (κ1) is 11.3. The van der Waals surface area contributed by atoms with Crippen LogP contribution in [-0.4, -0.2) is 21.3 Å². The molecule has 1 N–H and O–H groups in total. The number of aromatic nitrogens is 2. The summed E-state index contributed by atoms with van der Waals surface area (Å²) in [5, 5.41) is 16.0. The van der Waals surface area contributed by atoms with E-state index in [0.29, 0.717) is 12.3 Å². The van der Waals surface area contributed by atoms with Crippen molar-refractivity contribution in [1.82, 2.24) is 10.2 Å². The van der Waals surface area contributed by atoms with Crippen LogP contribution < -0.4 is 0 Å². The van der Waals surface area contributed by atoms with Crippen LogP contribution in [0.3, 0.4) is 0 Å². The first-order valence-electron chi connectivity index (χ1n) is 5.31. The van der Waals surface area contributed by atoms with Crippen LogP contribution in [0.2, 0.25) is 0 Å². The van der Waals surface area contributed by atoms with Gasteiger partial charge < -0.3 is 9.52 Å². The van der Waals surface area contributed by atoms with Crippen molar-refractivity contribution in [2.24, 2.45) is 0 Å². The molecule has 1 aromatic heterocycles. The maximum atomic E-state index is 10.4. The van der Waals surface area contributed by atoms with E-state index < -0.39 is 5.97 Å². The van der Waals surface area contributed by atoms with Gasteiger partial charge in [0, 0.05) is 6.42 Å². The summed E-state index contributed by atoms with van der Waals surface area (Å²) in [5.74, 6) is -0.339. The number of nitrogens with zero attached hydrogens (tertiary/aromatic N) is 2. The molecule has 5 heteroatoms. The quantitative estimate of drug-likeness (QED) is 0.845. The summed E-state index contributed by atoms with van der Waals surface area (Å²) in [5.41, 5.74) is 1.19. The van der Waals surface area contributed by atoms with Gasteiger partial charge in [-0.3, -0.25) is 4.79 Å². The maximum Gasteiger partial charge on any atom is 0.312 e. The smallest absolute Gasteiger partial charge is 0.312 e. The second-order valence-electron chi connectivity index (χ2n) is 3.65. The van der Waals surface area contributed by atoms with E-state index >= 15 is 0 Å². The van der Waals surface area contributed by atoms with Crippen LogP contribution in [0.1, 0.15) is 17.3 Å². The highest BCUT2D eigenvalue weighted by Crippen LogP contribution is 2.06. The zero-order valence-corrected chi connectivity index (χ0v) is 9.17. The Morgan fingerprint density at radius 2 is 1.82 bits per heavy atom. The minimum Gasteiger partial charge on any atom is -0.481 e. The number of carboxylic acid groups (broad SMARTS) is 1. The molecule has 88 valence electrons. The van der Waals surface area contributed by atoms with Crippen LogP contribution in [0, 0.1) is 0 Å². The molecule has 0 saturated heterocycles. The molecular weight excluding hydrogens is 220 g/mol. The van der Waals surface area contributed by atoms with E-state index in [4.69, 9.17) is 9.52 Å². The monoisotopic (exact) mass is 232 g/mol. The number of rotatable bonds is 5. The molecule has 0 aliphatic heterocycles. The highest BCUT2D eigenvalue weighted by molar-refractivity contribution is 5.68. The standard InChI is InChI=1S/C12H12N2O3/c15-12(16)8-11-14-13-10(17-11)7-6-9-4-2-1-3-5-9/h1-5H,6-8H2,(H,15,16). The van der Waals surface area contributed by atoms with Crippen LogP contribution >= 0.6 is 0 Å². The zero-order chi connectivity index (χ0) is 12.1. The summed E-state index contributed by atoms with van der Waals surface area (Å²) in [6.45, 7) is 0. The van der Waals surface area contributed by atoms with E-state index in [1.165, 1.54) is 5.56 Å². The lowest BCUT2D eigenvalue weighted by Crippen LogP contribution is -1.99. The van der Waals surface area contributed by atoms with Crippen molar-refractivity contribution in [2.75, 3.05) is 0 Å². The van der Waals surface area contributed by atoms with Crippen LogP contribution in [-0.2, 0) is 24.1 Å². The van der Waals surface area contributed by atoms with Gasteiger partial charge >= 0.3 is 5.97 Å². The number of carbonyl (C=O) groups is 1. The first-order chi connectivity index (χ1) is 8.24. The minimum atomic E-state index is -0.969. The molecule has 0 atom stereocenters. The van der Waals surface area contributed by atoms with Gasteiger partial charge in [-0.1, -0.05) is 30.3 Å². The number of aryl methyl sites for hydroxylation is 2. The molecule has 0 fully saturated rings. The number of benzene rings is 1. The number of hydrogen-bond donors (Lipinski definition) is 1. The van der Waals surface area contributed by atoms with Gasteiger partial charge in [-0.05, 0) is 12.0 Å². The van der Waals surface area contributed by atoms with E-state index in [0.717, 1.165) is 6.42 Å². The molecule has 5 nitrogen and oxygen atoms in total. The molecule has 0 aliphatic rings. The molecule has 0 amide bonds. The van der Waals surface area contributed by atoms with Crippen molar-refractivity contribution < 1.29 is 14.3 Å². The molecular formula is C12H12N2O3. The molecule has 17 heavy (non-hydrogen) atoms. The van der Waals surface area contributed by atoms with Crippen LogP contribution in [0.5, 0.6) is 0 Å². The minimum absolute atomic E-state index is 0.153. The zero-order valence-electron chi connectivity index (χ0n) is 9.17. The second-order valence-corrected chi connectivity index (χ2v) is 3.65. The Bertz CT molecular complexity index is 493. The molecule has 0 spiro atoms.